The number of rotatable bonds is 2. The van der Waals surface area contributed by atoms with Gasteiger partial charge in [0, 0.05) is 22.2 Å². The van der Waals surface area contributed by atoms with Crippen LogP contribution in [0.5, 0.6) is 0 Å². The van der Waals surface area contributed by atoms with Crippen molar-refractivity contribution in [2.24, 2.45) is 0 Å². The molecule has 0 aliphatic rings. The number of aromatic nitrogens is 1. The lowest BCUT2D eigenvalue weighted by Crippen LogP contribution is -1.84. The van der Waals surface area contributed by atoms with Crippen LogP contribution in [0, 0.1) is 0 Å². The smallest absolute Gasteiger partial charge is 0.0407 e. The quantitative estimate of drug-likeness (QED) is 0.333. The van der Waals surface area contributed by atoms with E-state index in [4.69, 9.17) is 0 Å². The van der Waals surface area contributed by atoms with Crippen molar-refractivity contribution in [2.75, 3.05) is 0 Å². The van der Waals surface area contributed by atoms with Crippen LogP contribution in [-0.4, -0.2) is 4.98 Å². The minimum absolute atomic E-state index is 1.16. The molecular weight excluding hydrogens is 322 g/mol. The Labute approximate surface area is 150 Å². The maximum Gasteiger partial charge on any atom is 0.0407 e. The number of hydrogen-bond donors (Lipinski definition) is 0. The van der Waals surface area contributed by atoms with Gasteiger partial charge in [-0.3, -0.25) is 4.98 Å². The largest absolute Gasteiger partial charge is 0.264 e. The third-order valence-corrected chi connectivity index (χ3v) is 5.55. The van der Waals surface area contributed by atoms with Gasteiger partial charge in [-0.1, -0.05) is 66.4 Å². The molecule has 0 aliphatic carbocycles. The molecule has 5 rings (SSSR count). The molecule has 0 radical (unpaired) electrons. The normalized spacial score (nSPS) is 11.4. The van der Waals surface area contributed by atoms with Gasteiger partial charge in [0.05, 0.1) is 0 Å². The zero-order valence-corrected chi connectivity index (χ0v) is 14.3. The van der Waals surface area contributed by atoms with Crippen molar-refractivity contribution in [3.63, 3.8) is 0 Å². The Hall–Kier alpha value is -2.84. The van der Waals surface area contributed by atoms with Gasteiger partial charge in [-0.25, -0.2) is 0 Å². The SMILES string of the molecule is c1cncc(Sc2ccc3c4ccccc4c4ccccc4c3c2)c1. The fourth-order valence-corrected chi connectivity index (χ4v) is 4.34. The van der Waals surface area contributed by atoms with Crippen LogP contribution in [0.1, 0.15) is 0 Å². The molecule has 0 unspecified atom stereocenters. The van der Waals surface area contributed by atoms with Gasteiger partial charge in [-0.05, 0) is 56.6 Å². The molecule has 1 aromatic heterocycles. The first-order valence-electron chi connectivity index (χ1n) is 8.31. The average molecular weight is 337 g/mol. The monoisotopic (exact) mass is 337 g/mol. The van der Waals surface area contributed by atoms with E-state index in [-0.39, 0.29) is 0 Å². The Morgan fingerprint density at radius 3 is 1.72 bits per heavy atom. The van der Waals surface area contributed by atoms with Crippen LogP contribution in [0.2, 0.25) is 0 Å². The first kappa shape index (κ1) is 14.5. The summed E-state index contributed by atoms with van der Waals surface area (Å²) in [5.74, 6) is 0. The minimum atomic E-state index is 1.16. The van der Waals surface area contributed by atoms with Gasteiger partial charge in [0.1, 0.15) is 0 Å². The summed E-state index contributed by atoms with van der Waals surface area (Å²) >= 11 is 1.75. The lowest BCUT2D eigenvalue weighted by molar-refractivity contribution is 1.23. The van der Waals surface area contributed by atoms with Crippen molar-refractivity contribution in [3.05, 3.63) is 91.3 Å². The van der Waals surface area contributed by atoms with Crippen LogP contribution in [0.15, 0.2) is 101 Å². The predicted molar refractivity (Wildman–Crippen MR) is 107 cm³/mol. The highest BCUT2D eigenvalue weighted by Gasteiger charge is 2.09. The van der Waals surface area contributed by atoms with Gasteiger partial charge in [-0.2, -0.15) is 0 Å². The van der Waals surface area contributed by atoms with Crippen molar-refractivity contribution < 1.29 is 0 Å². The van der Waals surface area contributed by atoms with E-state index in [1.165, 1.54) is 37.2 Å². The predicted octanol–water partition coefficient (Wildman–Crippen LogP) is 6.69. The van der Waals surface area contributed by atoms with Gasteiger partial charge >= 0.3 is 0 Å². The van der Waals surface area contributed by atoms with Crippen molar-refractivity contribution in [3.8, 4) is 0 Å². The van der Waals surface area contributed by atoms with E-state index in [2.05, 4.69) is 77.8 Å². The number of benzene rings is 4. The summed E-state index contributed by atoms with van der Waals surface area (Å²) < 4.78 is 0. The van der Waals surface area contributed by atoms with E-state index < -0.39 is 0 Å². The zero-order valence-electron chi connectivity index (χ0n) is 13.5. The third kappa shape index (κ3) is 2.46. The summed E-state index contributed by atoms with van der Waals surface area (Å²) in [5, 5.41) is 7.87. The highest BCUT2D eigenvalue weighted by atomic mass is 32.2. The van der Waals surface area contributed by atoms with Gasteiger partial charge in [0.15, 0.2) is 0 Å². The van der Waals surface area contributed by atoms with Crippen LogP contribution in [0.4, 0.5) is 0 Å². The molecule has 2 heteroatoms. The Bertz CT molecular complexity index is 1180. The Balaban J connectivity index is 1.81. The molecule has 0 N–H and O–H groups in total. The Morgan fingerprint density at radius 1 is 0.520 bits per heavy atom. The fraction of sp³-hybridized carbons (Fsp3) is 0. The molecule has 0 bridgehead atoms. The van der Waals surface area contributed by atoms with E-state index >= 15 is 0 Å². The van der Waals surface area contributed by atoms with Gasteiger partial charge in [0.2, 0.25) is 0 Å². The maximum atomic E-state index is 4.21. The van der Waals surface area contributed by atoms with E-state index in [9.17, 15) is 0 Å². The van der Waals surface area contributed by atoms with E-state index in [1.54, 1.807) is 11.8 Å². The van der Waals surface area contributed by atoms with Crippen molar-refractivity contribution in [1.29, 1.82) is 0 Å². The van der Waals surface area contributed by atoms with Gasteiger partial charge < -0.3 is 0 Å². The van der Waals surface area contributed by atoms with Crippen LogP contribution < -0.4 is 0 Å². The third-order valence-electron chi connectivity index (χ3n) is 4.59. The highest BCUT2D eigenvalue weighted by Crippen LogP contribution is 2.37. The number of nitrogens with zero attached hydrogens (tertiary/aromatic N) is 1. The number of hydrogen-bond acceptors (Lipinski definition) is 2. The lowest BCUT2D eigenvalue weighted by atomic mass is 9.94. The topological polar surface area (TPSA) is 12.9 Å². The summed E-state index contributed by atoms with van der Waals surface area (Å²) in [6.45, 7) is 0. The second-order valence-corrected chi connectivity index (χ2v) is 7.24. The fourth-order valence-electron chi connectivity index (χ4n) is 3.49. The summed E-state index contributed by atoms with van der Waals surface area (Å²) in [5.41, 5.74) is 0. The molecule has 0 spiro atoms. The highest BCUT2D eigenvalue weighted by molar-refractivity contribution is 7.99. The first-order valence-corrected chi connectivity index (χ1v) is 9.13. The molecule has 118 valence electrons. The number of pyridine rings is 1. The minimum Gasteiger partial charge on any atom is -0.264 e. The van der Waals surface area contributed by atoms with E-state index in [0.717, 1.165) is 4.90 Å². The molecule has 4 aromatic carbocycles. The van der Waals surface area contributed by atoms with Crippen molar-refractivity contribution in [2.45, 2.75) is 9.79 Å². The summed E-state index contributed by atoms with van der Waals surface area (Å²) in [6.07, 6.45) is 3.72. The van der Waals surface area contributed by atoms with Crippen LogP contribution in [0.3, 0.4) is 0 Å². The average Bonchev–Trinajstić information content (AvgIpc) is 2.69. The lowest BCUT2D eigenvalue weighted by Gasteiger charge is -2.11. The summed E-state index contributed by atoms with van der Waals surface area (Å²) in [6, 6.07) is 28.2. The molecule has 0 saturated heterocycles. The van der Waals surface area contributed by atoms with Crippen molar-refractivity contribution in [1.82, 2.24) is 4.98 Å². The second-order valence-electron chi connectivity index (χ2n) is 6.09. The molecule has 5 aromatic rings. The Morgan fingerprint density at radius 2 is 1.12 bits per heavy atom. The van der Waals surface area contributed by atoms with Crippen molar-refractivity contribution >= 4 is 44.1 Å². The second kappa shape index (κ2) is 5.91. The van der Waals surface area contributed by atoms with Crippen LogP contribution in [0.25, 0.3) is 32.3 Å². The zero-order chi connectivity index (χ0) is 16.6. The number of fused-ring (bicyclic) bond motifs is 6. The molecule has 0 amide bonds. The molecule has 0 fully saturated rings. The Kier molecular flexibility index (Phi) is 3.43. The summed E-state index contributed by atoms with van der Waals surface area (Å²) in [7, 11) is 0. The first-order chi connectivity index (χ1) is 12.4. The van der Waals surface area contributed by atoms with Gasteiger partial charge in [0.25, 0.3) is 0 Å². The molecule has 1 heterocycles. The molecule has 0 aliphatic heterocycles. The molecule has 25 heavy (non-hydrogen) atoms. The maximum absolute atomic E-state index is 4.21. The summed E-state index contributed by atoms with van der Waals surface area (Å²) in [4.78, 5) is 6.61. The molecule has 0 saturated carbocycles. The van der Waals surface area contributed by atoms with E-state index in [0.29, 0.717) is 0 Å². The standard InChI is InChI=1S/C23H15NS/c1-2-9-20-18(7-1)19-8-3-4-10-21(19)23-14-16(11-12-22(20)23)25-17-6-5-13-24-15-17/h1-15H. The van der Waals surface area contributed by atoms with Crippen LogP contribution >= 0.6 is 11.8 Å². The molecule has 1 nitrogen and oxygen atoms in total. The van der Waals surface area contributed by atoms with Gasteiger partial charge in [-0.15, -0.1) is 0 Å². The van der Waals surface area contributed by atoms with Crippen LogP contribution in [-0.2, 0) is 0 Å². The van der Waals surface area contributed by atoms with E-state index in [1.807, 2.05) is 18.5 Å². The molecular formula is C23H15NS. The molecule has 0 atom stereocenters.